The summed E-state index contributed by atoms with van der Waals surface area (Å²) in [6, 6.07) is 5.92. The smallest absolute Gasteiger partial charge is 0.153 e. The Morgan fingerprint density at radius 1 is 1.39 bits per heavy atom. The summed E-state index contributed by atoms with van der Waals surface area (Å²) in [5.74, 6) is 1.01. The molecule has 2 rings (SSSR count). The fourth-order valence-corrected chi connectivity index (χ4v) is 2.65. The van der Waals surface area contributed by atoms with Gasteiger partial charge in [-0.3, -0.25) is 0 Å². The SMILES string of the molecule is CCS(=O)(=O)CCOc1cccc2c1NCCC2. The van der Waals surface area contributed by atoms with Crippen molar-refractivity contribution in [3.05, 3.63) is 23.8 Å². The van der Waals surface area contributed by atoms with Gasteiger partial charge >= 0.3 is 0 Å². The third kappa shape index (κ3) is 3.16. The van der Waals surface area contributed by atoms with Crippen LogP contribution in [0.4, 0.5) is 5.69 Å². The topological polar surface area (TPSA) is 55.4 Å². The number of anilines is 1. The second-order valence-corrected chi connectivity index (χ2v) is 6.88. The first kappa shape index (κ1) is 13.2. The molecule has 5 heteroatoms. The van der Waals surface area contributed by atoms with Gasteiger partial charge in [0.05, 0.1) is 11.4 Å². The average molecular weight is 269 g/mol. The van der Waals surface area contributed by atoms with Crippen LogP contribution in [-0.4, -0.2) is 33.1 Å². The number of nitrogens with one attached hydrogen (secondary N) is 1. The van der Waals surface area contributed by atoms with Gasteiger partial charge in [-0.2, -0.15) is 0 Å². The summed E-state index contributed by atoms with van der Waals surface area (Å²) in [5, 5.41) is 3.32. The van der Waals surface area contributed by atoms with Crippen LogP contribution in [-0.2, 0) is 16.3 Å². The molecule has 0 saturated carbocycles. The molecule has 0 atom stereocenters. The molecule has 1 aromatic carbocycles. The van der Waals surface area contributed by atoms with E-state index in [0.717, 1.165) is 30.8 Å². The van der Waals surface area contributed by atoms with Crippen LogP contribution in [0.15, 0.2) is 18.2 Å². The average Bonchev–Trinajstić information content (AvgIpc) is 2.39. The molecule has 1 aromatic rings. The molecule has 100 valence electrons. The van der Waals surface area contributed by atoms with Crippen molar-refractivity contribution < 1.29 is 13.2 Å². The van der Waals surface area contributed by atoms with Gasteiger partial charge in [-0.05, 0) is 24.5 Å². The van der Waals surface area contributed by atoms with E-state index in [1.807, 2.05) is 12.1 Å². The molecule has 0 aliphatic carbocycles. The quantitative estimate of drug-likeness (QED) is 0.886. The highest BCUT2D eigenvalue weighted by Crippen LogP contribution is 2.31. The molecule has 0 bridgehead atoms. The second kappa shape index (κ2) is 5.61. The second-order valence-electron chi connectivity index (χ2n) is 4.41. The van der Waals surface area contributed by atoms with Gasteiger partial charge in [0.25, 0.3) is 0 Å². The predicted octanol–water partition coefficient (Wildman–Crippen LogP) is 1.86. The molecule has 0 amide bonds. The molecule has 4 nitrogen and oxygen atoms in total. The van der Waals surface area contributed by atoms with E-state index in [9.17, 15) is 8.42 Å². The van der Waals surface area contributed by atoms with Gasteiger partial charge < -0.3 is 10.1 Å². The van der Waals surface area contributed by atoms with Crippen LogP contribution in [0.25, 0.3) is 0 Å². The number of benzene rings is 1. The largest absolute Gasteiger partial charge is 0.490 e. The lowest BCUT2D eigenvalue weighted by molar-refractivity contribution is 0.341. The fourth-order valence-electron chi connectivity index (χ4n) is 2.02. The Balaban J connectivity index is 2.02. The lowest BCUT2D eigenvalue weighted by atomic mass is 10.0. The monoisotopic (exact) mass is 269 g/mol. The summed E-state index contributed by atoms with van der Waals surface area (Å²) >= 11 is 0. The molecule has 0 fully saturated rings. The van der Waals surface area contributed by atoms with Crippen molar-refractivity contribution in [2.24, 2.45) is 0 Å². The van der Waals surface area contributed by atoms with Crippen molar-refractivity contribution in [3.8, 4) is 5.75 Å². The maximum atomic E-state index is 11.4. The number of hydrogen-bond acceptors (Lipinski definition) is 4. The number of sulfone groups is 1. The normalized spacial score (nSPS) is 14.7. The van der Waals surface area contributed by atoms with Crippen molar-refractivity contribution in [2.75, 3.05) is 30.0 Å². The van der Waals surface area contributed by atoms with E-state index in [-0.39, 0.29) is 18.1 Å². The number of para-hydroxylation sites is 1. The van der Waals surface area contributed by atoms with E-state index < -0.39 is 9.84 Å². The van der Waals surface area contributed by atoms with Crippen LogP contribution >= 0.6 is 0 Å². The molecule has 0 spiro atoms. The number of hydrogen-bond donors (Lipinski definition) is 1. The van der Waals surface area contributed by atoms with Crippen molar-refractivity contribution >= 4 is 15.5 Å². The molecule has 0 radical (unpaired) electrons. The van der Waals surface area contributed by atoms with E-state index in [1.165, 1.54) is 5.56 Å². The van der Waals surface area contributed by atoms with Gasteiger partial charge in [0.15, 0.2) is 9.84 Å². The molecular formula is C13H19NO3S. The van der Waals surface area contributed by atoms with Gasteiger partial charge in [-0.1, -0.05) is 19.1 Å². The highest BCUT2D eigenvalue weighted by atomic mass is 32.2. The van der Waals surface area contributed by atoms with E-state index >= 15 is 0 Å². The van der Waals surface area contributed by atoms with Crippen molar-refractivity contribution in [3.63, 3.8) is 0 Å². The first-order valence-corrected chi connectivity index (χ1v) is 8.13. The highest BCUT2D eigenvalue weighted by molar-refractivity contribution is 7.91. The van der Waals surface area contributed by atoms with Crippen molar-refractivity contribution in [1.29, 1.82) is 0 Å². The van der Waals surface area contributed by atoms with E-state index in [1.54, 1.807) is 6.92 Å². The van der Waals surface area contributed by atoms with Gasteiger partial charge in [0.1, 0.15) is 12.4 Å². The number of rotatable bonds is 5. The Labute approximate surface area is 108 Å². The minimum absolute atomic E-state index is 0.0766. The Morgan fingerprint density at radius 2 is 2.22 bits per heavy atom. The molecule has 1 aliphatic heterocycles. The van der Waals surface area contributed by atoms with Crippen LogP contribution in [0.1, 0.15) is 18.9 Å². The fraction of sp³-hybridized carbons (Fsp3) is 0.538. The summed E-state index contributed by atoms with van der Waals surface area (Å²) in [5.41, 5.74) is 2.27. The minimum atomic E-state index is -2.96. The first-order valence-electron chi connectivity index (χ1n) is 6.31. The molecule has 18 heavy (non-hydrogen) atoms. The number of ether oxygens (including phenoxy) is 1. The summed E-state index contributed by atoms with van der Waals surface area (Å²) in [7, 11) is -2.96. The van der Waals surface area contributed by atoms with Gasteiger partial charge in [0.2, 0.25) is 0 Å². The Bertz CT molecular complexity index is 511. The zero-order chi connectivity index (χ0) is 13.0. The first-order chi connectivity index (χ1) is 8.62. The maximum Gasteiger partial charge on any atom is 0.153 e. The molecular weight excluding hydrogens is 250 g/mol. The van der Waals surface area contributed by atoms with E-state index in [0.29, 0.717) is 0 Å². The van der Waals surface area contributed by atoms with Crippen molar-refractivity contribution in [2.45, 2.75) is 19.8 Å². The molecule has 0 saturated heterocycles. The van der Waals surface area contributed by atoms with E-state index in [2.05, 4.69) is 11.4 Å². The molecule has 0 aromatic heterocycles. The van der Waals surface area contributed by atoms with E-state index in [4.69, 9.17) is 4.74 Å². The highest BCUT2D eigenvalue weighted by Gasteiger charge is 2.14. The standard InChI is InChI=1S/C13H19NO3S/c1-2-18(15,16)10-9-17-12-7-3-5-11-6-4-8-14-13(11)12/h3,5,7,14H,2,4,6,8-10H2,1H3. The Hall–Kier alpha value is -1.23. The zero-order valence-corrected chi connectivity index (χ0v) is 11.4. The molecule has 1 heterocycles. The van der Waals surface area contributed by atoms with Gasteiger partial charge in [-0.25, -0.2) is 8.42 Å². The number of fused-ring (bicyclic) bond motifs is 1. The third-order valence-corrected chi connectivity index (χ3v) is 4.80. The Kier molecular flexibility index (Phi) is 4.11. The van der Waals surface area contributed by atoms with Gasteiger partial charge in [0, 0.05) is 12.3 Å². The molecule has 0 unspecified atom stereocenters. The van der Waals surface area contributed by atoms with Crippen LogP contribution < -0.4 is 10.1 Å². The summed E-state index contributed by atoms with van der Waals surface area (Å²) < 4.78 is 28.4. The van der Waals surface area contributed by atoms with Crippen LogP contribution in [0.2, 0.25) is 0 Å². The Morgan fingerprint density at radius 3 is 3.00 bits per heavy atom. The lowest BCUT2D eigenvalue weighted by Gasteiger charge is -2.21. The lowest BCUT2D eigenvalue weighted by Crippen LogP contribution is -2.17. The summed E-state index contributed by atoms with van der Waals surface area (Å²) in [6.45, 7) is 2.82. The zero-order valence-electron chi connectivity index (χ0n) is 10.6. The predicted molar refractivity (Wildman–Crippen MR) is 73.1 cm³/mol. The van der Waals surface area contributed by atoms with Gasteiger partial charge in [-0.15, -0.1) is 0 Å². The molecule has 1 aliphatic rings. The van der Waals surface area contributed by atoms with Crippen LogP contribution in [0.3, 0.4) is 0 Å². The third-order valence-electron chi connectivity index (χ3n) is 3.13. The van der Waals surface area contributed by atoms with Crippen LogP contribution in [0, 0.1) is 0 Å². The summed E-state index contributed by atoms with van der Waals surface area (Å²) in [4.78, 5) is 0. The van der Waals surface area contributed by atoms with Crippen molar-refractivity contribution in [1.82, 2.24) is 0 Å². The van der Waals surface area contributed by atoms with Crippen LogP contribution in [0.5, 0.6) is 5.75 Å². The summed E-state index contributed by atoms with van der Waals surface area (Å²) in [6.07, 6.45) is 2.17. The number of aryl methyl sites for hydroxylation is 1. The maximum absolute atomic E-state index is 11.4. The minimum Gasteiger partial charge on any atom is -0.490 e. The molecule has 1 N–H and O–H groups in total.